The van der Waals surface area contributed by atoms with Gasteiger partial charge in [-0.1, -0.05) is 41.6 Å². The average molecular weight is 502 g/mol. The molecule has 0 bridgehead atoms. The molecule has 0 radical (unpaired) electrons. The van der Waals surface area contributed by atoms with Crippen molar-refractivity contribution in [2.24, 2.45) is 0 Å². The summed E-state index contributed by atoms with van der Waals surface area (Å²) in [6.45, 7) is 8.47. The van der Waals surface area contributed by atoms with Gasteiger partial charge in [-0.2, -0.15) is 0 Å². The van der Waals surface area contributed by atoms with Crippen LogP contribution >= 0.6 is 23.4 Å². The average Bonchev–Trinajstić information content (AvgIpc) is 3.19. The van der Waals surface area contributed by atoms with Crippen molar-refractivity contribution < 1.29 is 14.3 Å². The number of carbonyl (C=O) groups excluding carboxylic acids is 2. The molecule has 3 rings (SSSR count). The summed E-state index contributed by atoms with van der Waals surface area (Å²) < 4.78 is 7.57. The molecule has 2 N–H and O–H groups in total. The SMILES string of the molecule is CCn1c(CNC(=O)COc2c(C)cccc2C)nnc1SCC(=O)Nc1ccc(Cl)cc1C. The number of thioether (sulfide) groups is 1. The summed E-state index contributed by atoms with van der Waals surface area (Å²) in [7, 11) is 0. The number of amides is 2. The fourth-order valence-corrected chi connectivity index (χ4v) is 4.40. The topological polar surface area (TPSA) is 98.1 Å². The van der Waals surface area contributed by atoms with Crippen LogP contribution < -0.4 is 15.4 Å². The largest absolute Gasteiger partial charge is 0.483 e. The Morgan fingerprint density at radius 1 is 1.06 bits per heavy atom. The van der Waals surface area contributed by atoms with Crippen LogP contribution in [0.2, 0.25) is 5.02 Å². The fourth-order valence-electron chi connectivity index (χ4n) is 3.35. The molecule has 0 aliphatic carbocycles. The van der Waals surface area contributed by atoms with E-state index < -0.39 is 0 Å². The Kier molecular flexibility index (Phi) is 8.95. The van der Waals surface area contributed by atoms with Crippen LogP contribution in [0.15, 0.2) is 41.6 Å². The molecule has 2 aromatic carbocycles. The first kappa shape index (κ1) is 25.6. The standard InChI is InChI=1S/C24H28ClN5O3S/c1-5-30-20(12-26-21(31)13-33-23-15(2)7-6-8-16(23)3)28-29-24(30)34-14-22(32)27-19-10-9-18(25)11-17(19)4/h6-11H,5,12-14H2,1-4H3,(H,26,31)(H,27,32). The summed E-state index contributed by atoms with van der Waals surface area (Å²) >= 11 is 7.25. The second-order valence-electron chi connectivity index (χ2n) is 7.73. The summed E-state index contributed by atoms with van der Waals surface area (Å²) in [4.78, 5) is 24.7. The zero-order valence-corrected chi connectivity index (χ0v) is 21.2. The summed E-state index contributed by atoms with van der Waals surface area (Å²) in [6.07, 6.45) is 0. The van der Waals surface area contributed by atoms with Gasteiger partial charge in [-0.05, 0) is 62.6 Å². The van der Waals surface area contributed by atoms with Crippen molar-refractivity contribution in [2.75, 3.05) is 17.7 Å². The monoisotopic (exact) mass is 501 g/mol. The van der Waals surface area contributed by atoms with E-state index in [-0.39, 0.29) is 30.7 Å². The van der Waals surface area contributed by atoms with Crippen LogP contribution in [-0.2, 0) is 22.7 Å². The number of aromatic nitrogens is 3. The van der Waals surface area contributed by atoms with Crippen LogP contribution in [0, 0.1) is 20.8 Å². The van der Waals surface area contributed by atoms with Crippen LogP contribution in [0.1, 0.15) is 29.4 Å². The van der Waals surface area contributed by atoms with Crippen LogP contribution in [0.25, 0.3) is 0 Å². The van der Waals surface area contributed by atoms with Crippen molar-refractivity contribution in [3.8, 4) is 5.75 Å². The summed E-state index contributed by atoms with van der Waals surface area (Å²) in [5.74, 6) is 1.11. The van der Waals surface area contributed by atoms with Gasteiger partial charge in [-0.15, -0.1) is 10.2 Å². The van der Waals surface area contributed by atoms with E-state index in [2.05, 4.69) is 20.8 Å². The number of hydrogen-bond donors (Lipinski definition) is 2. The van der Waals surface area contributed by atoms with Gasteiger partial charge in [0.15, 0.2) is 17.6 Å². The van der Waals surface area contributed by atoms with Gasteiger partial charge in [-0.3, -0.25) is 9.59 Å². The molecule has 0 atom stereocenters. The highest BCUT2D eigenvalue weighted by atomic mass is 35.5. The molecule has 34 heavy (non-hydrogen) atoms. The number of carbonyl (C=O) groups is 2. The molecular weight excluding hydrogens is 474 g/mol. The Hall–Kier alpha value is -3.04. The highest BCUT2D eigenvalue weighted by Crippen LogP contribution is 2.23. The number of nitrogens with one attached hydrogen (secondary N) is 2. The third-order valence-corrected chi connectivity index (χ3v) is 6.31. The third-order valence-electron chi connectivity index (χ3n) is 5.10. The molecule has 0 aliphatic rings. The summed E-state index contributed by atoms with van der Waals surface area (Å²) in [5.41, 5.74) is 3.58. The van der Waals surface area contributed by atoms with E-state index in [1.54, 1.807) is 18.2 Å². The van der Waals surface area contributed by atoms with E-state index in [9.17, 15) is 9.59 Å². The minimum Gasteiger partial charge on any atom is -0.483 e. The van der Waals surface area contributed by atoms with Gasteiger partial charge in [0.25, 0.3) is 5.91 Å². The number of hydrogen-bond acceptors (Lipinski definition) is 6. The zero-order chi connectivity index (χ0) is 24.7. The predicted molar refractivity (Wildman–Crippen MR) is 134 cm³/mol. The molecule has 8 nitrogen and oxygen atoms in total. The summed E-state index contributed by atoms with van der Waals surface area (Å²) in [6, 6.07) is 11.2. The van der Waals surface area contributed by atoms with Gasteiger partial charge in [-0.25, -0.2) is 0 Å². The van der Waals surface area contributed by atoms with Gasteiger partial charge in [0.2, 0.25) is 5.91 Å². The second kappa shape index (κ2) is 11.9. The van der Waals surface area contributed by atoms with Crippen LogP contribution in [0.5, 0.6) is 5.75 Å². The number of rotatable bonds is 10. The number of aryl methyl sites for hydroxylation is 3. The maximum atomic E-state index is 12.4. The predicted octanol–water partition coefficient (Wildman–Crippen LogP) is 4.30. The number of para-hydroxylation sites is 1. The molecular formula is C24H28ClN5O3S. The van der Waals surface area contributed by atoms with Crippen LogP contribution in [0.4, 0.5) is 5.69 Å². The van der Waals surface area contributed by atoms with Gasteiger partial charge in [0.05, 0.1) is 12.3 Å². The lowest BCUT2D eigenvalue weighted by Gasteiger charge is -2.12. The Labute approximate surface area is 208 Å². The van der Waals surface area contributed by atoms with E-state index >= 15 is 0 Å². The maximum absolute atomic E-state index is 12.4. The maximum Gasteiger partial charge on any atom is 0.258 e. The lowest BCUT2D eigenvalue weighted by molar-refractivity contribution is -0.123. The minimum atomic E-state index is -0.250. The van der Waals surface area contributed by atoms with Crippen LogP contribution in [0.3, 0.4) is 0 Å². The molecule has 0 saturated heterocycles. The normalized spacial score (nSPS) is 10.7. The number of anilines is 1. The molecule has 1 heterocycles. The van der Waals surface area contributed by atoms with Crippen LogP contribution in [-0.4, -0.2) is 38.9 Å². The number of nitrogens with zero attached hydrogens (tertiary/aromatic N) is 3. The van der Waals surface area contributed by atoms with Gasteiger partial charge < -0.3 is 19.9 Å². The van der Waals surface area contributed by atoms with Gasteiger partial charge in [0, 0.05) is 17.3 Å². The van der Waals surface area contributed by atoms with Gasteiger partial charge in [0.1, 0.15) is 5.75 Å². The zero-order valence-electron chi connectivity index (χ0n) is 19.6. The molecule has 0 unspecified atom stereocenters. The molecule has 2 amide bonds. The highest BCUT2D eigenvalue weighted by molar-refractivity contribution is 7.99. The van der Waals surface area contributed by atoms with Crippen molar-refractivity contribution >= 4 is 40.9 Å². The van der Waals surface area contributed by atoms with E-state index in [0.717, 1.165) is 28.1 Å². The Morgan fingerprint density at radius 2 is 1.79 bits per heavy atom. The molecule has 180 valence electrons. The Morgan fingerprint density at radius 3 is 2.47 bits per heavy atom. The molecule has 3 aromatic rings. The van der Waals surface area contributed by atoms with Crippen molar-refractivity contribution in [3.05, 3.63) is 63.9 Å². The highest BCUT2D eigenvalue weighted by Gasteiger charge is 2.15. The van der Waals surface area contributed by atoms with Crippen molar-refractivity contribution in [2.45, 2.75) is 45.9 Å². The van der Waals surface area contributed by atoms with E-state index in [1.165, 1.54) is 11.8 Å². The quantitative estimate of drug-likeness (QED) is 0.402. The second-order valence-corrected chi connectivity index (χ2v) is 9.10. The van der Waals surface area contributed by atoms with Gasteiger partial charge >= 0.3 is 0 Å². The summed E-state index contributed by atoms with van der Waals surface area (Å²) in [5, 5.41) is 15.3. The molecule has 0 spiro atoms. The smallest absolute Gasteiger partial charge is 0.258 e. The Balaban J connectivity index is 1.51. The molecule has 1 aromatic heterocycles. The molecule has 10 heteroatoms. The number of benzene rings is 2. The van der Waals surface area contributed by atoms with E-state index in [0.29, 0.717) is 22.5 Å². The van der Waals surface area contributed by atoms with E-state index in [1.807, 2.05) is 50.5 Å². The molecule has 0 fully saturated rings. The lowest BCUT2D eigenvalue weighted by Crippen LogP contribution is -2.29. The molecule has 0 saturated carbocycles. The third kappa shape index (κ3) is 6.74. The Bertz CT molecular complexity index is 1160. The van der Waals surface area contributed by atoms with Crippen molar-refractivity contribution in [3.63, 3.8) is 0 Å². The van der Waals surface area contributed by atoms with E-state index in [4.69, 9.17) is 16.3 Å². The first-order valence-electron chi connectivity index (χ1n) is 10.8. The minimum absolute atomic E-state index is 0.0855. The van der Waals surface area contributed by atoms with Crippen molar-refractivity contribution in [1.82, 2.24) is 20.1 Å². The lowest BCUT2D eigenvalue weighted by atomic mass is 10.1. The first-order valence-corrected chi connectivity index (χ1v) is 12.2. The number of halogens is 1. The fraction of sp³-hybridized carbons (Fsp3) is 0.333. The first-order chi connectivity index (χ1) is 16.3. The molecule has 0 aliphatic heterocycles. The van der Waals surface area contributed by atoms with Crippen molar-refractivity contribution in [1.29, 1.82) is 0 Å². The number of ether oxygens (including phenoxy) is 1.